The van der Waals surface area contributed by atoms with E-state index in [9.17, 15) is 5.11 Å². The van der Waals surface area contributed by atoms with Crippen molar-refractivity contribution < 1.29 is 5.11 Å². The largest absolute Gasteiger partial charge is 0.389 e. The summed E-state index contributed by atoms with van der Waals surface area (Å²) in [6.07, 6.45) is 3.14. The molecule has 5 nitrogen and oxygen atoms in total. The Balaban J connectivity index is 1.81. The van der Waals surface area contributed by atoms with E-state index in [0.717, 1.165) is 41.9 Å². The molecule has 130 valence electrons. The Kier molecular flexibility index (Phi) is 5.23. The van der Waals surface area contributed by atoms with E-state index in [1.807, 2.05) is 28.9 Å². The third-order valence-corrected chi connectivity index (χ3v) is 4.38. The summed E-state index contributed by atoms with van der Waals surface area (Å²) in [6, 6.07) is 7.78. The SMILES string of the molecule is CC(C)(O)Cn1nc(Cc2cccc(Cl)c2)nc1CN1CCCC1. The second kappa shape index (κ2) is 7.21. The fourth-order valence-electron chi connectivity index (χ4n) is 3.08. The van der Waals surface area contributed by atoms with Gasteiger partial charge in [0, 0.05) is 11.4 Å². The van der Waals surface area contributed by atoms with Gasteiger partial charge in [-0.2, -0.15) is 5.10 Å². The summed E-state index contributed by atoms with van der Waals surface area (Å²) < 4.78 is 1.86. The molecule has 0 unspecified atom stereocenters. The Bertz CT molecular complexity index is 687. The first-order valence-electron chi connectivity index (χ1n) is 8.51. The van der Waals surface area contributed by atoms with Crippen LogP contribution in [0.1, 0.15) is 43.9 Å². The molecule has 1 N–H and O–H groups in total. The van der Waals surface area contributed by atoms with E-state index >= 15 is 0 Å². The molecule has 1 aliphatic heterocycles. The lowest BCUT2D eigenvalue weighted by Crippen LogP contribution is -2.29. The first-order chi connectivity index (χ1) is 11.4. The van der Waals surface area contributed by atoms with E-state index in [-0.39, 0.29) is 0 Å². The predicted octanol–water partition coefficient (Wildman–Crippen LogP) is 2.89. The molecule has 1 aromatic heterocycles. The summed E-state index contributed by atoms with van der Waals surface area (Å²) in [5, 5.41) is 15.5. The van der Waals surface area contributed by atoms with Gasteiger partial charge in [-0.1, -0.05) is 23.7 Å². The van der Waals surface area contributed by atoms with Crippen molar-refractivity contribution in [1.82, 2.24) is 19.7 Å². The van der Waals surface area contributed by atoms with Crippen molar-refractivity contribution in [1.29, 1.82) is 0 Å². The summed E-state index contributed by atoms with van der Waals surface area (Å²) in [7, 11) is 0. The molecule has 1 aromatic carbocycles. The molecule has 6 heteroatoms. The van der Waals surface area contributed by atoms with Crippen LogP contribution in [0, 0.1) is 0 Å². The standard InChI is InChI=1S/C18H25ClN4O/c1-18(2,24)13-23-17(12-22-8-3-4-9-22)20-16(21-23)11-14-6-5-7-15(19)10-14/h5-7,10,24H,3-4,8-9,11-13H2,1-2H3. The molecule has 0 bridgehead atoms. The van der Waals surface area contributed by atoms with Crippen molar-refractivity contribution in [2.75, 3.05) is 13.1 Å². The molecule has 2 aromatic rings. The van der Waals surface area contributed by atoms with E-state index in [2.05, 4.69) is 10.00 Å². The van der Waals surface area contributed by atoms with Crippen LogP contribution in [0.4, 0.5) is 0 Å². The van der Waals surface area contributed by atoms with E-state index in [0.29, 0.717) is 13.0 Å². The Morgan fingerprint density at radius 2 is 2.00 bits per heavy atom. The summed E-state index contributed by atoms with van der Waals surface area (Å²) in [4.78, 5) is 7.14. The fourth-order valence-corrected chi connectivity index (χ4v) is 3.29. The maximum Gasteiger partial charge on any atom is 0.155 e. The zero-order valence-corrected chi connectivity index (χ0v) is 15.1. The van der Waals surface area contributed by atoms with Gasteiger partial charge in [-0.25, -0.2) is 9.67 Å². The Morgan fingerprint density at radius 3 is 2.67 bits per heavy atom. The van der Waals surface area contributed by atoms with Gasteiger partial charge in [-0.15, -0.1) is 0 Å². The lowest BCUT2D eigenvalue weighted by molar-refractivity contribution is 0.0558. The number of benzene rings is 1. The molecule has 0 aliphatic carbocycles. The number of halogens is 1. The zero-order valence-electron chi connectivity index (χ0n) is 14.4. The van der Waals surface area contributed by atoms with Crippen LogP contribution in [0.2, 0.25) is 5.02 Å². The molecule has 0 amide bonds. The third kappa shape index (κ3) is 4.79. The van der Waals surface area contributed by atoms with Crippen molar-refractivity contribution >= 4 is 11.6 Å². The van der Waals surface area contributed by atoms with Gasteiger partial charge in [-0.05, 0) is 57.5 Å². The second-order valence-corrected chi connectivity index (χ2v) is 7.64. The van der Waals surface area contributed by atoms with Gasteiger partial charge in [0.25, 0.3) is 0 Å². The fraction of sp³-hybridized carbons (Fsp3) is 0.556. The average molecular weight is 349 g/mol. The lowest BCUT2D eigenvalue weighted by atomic mass is 10.1. The van der Waals surface area contributed by atoms with E-state index in [4.69, 9.17) is 16.6 Å². The molecule has 24 heavy (non-hydrogen) atoms. The molecule has 3 rings (SSSR count). The van der Waals surface area contributed by atoms with Crippen LogP contribution < -0.4 is 0 Å². The molecular weight excluding hydrogens is 324 g/mol. The van der Waals surface area contributed by atoms with E-state index in [1.165, 1.54) is 12.8 Å². The summed E-state index contributed by atoms with van der Waals surface area (Å²) in [6.45, 7) is 7.05. The van der Waals surface area contributed by atoms with Gasteiger partial charge in [0.2, 0.25) is 0 Å². The first-order valence-corrected chi connectivity index (χ1v) is 8.89. The van der Waals surface area contributed by atoms with Gasteiger partial charge in [0.15, 0.2) is 5.82 Å². The average Bonchev–Trinajstić information content (AvgIpc) is 3.09. The summed E-state index contributed by atoms with van der Waals surface area (Å²) in [5.74, 6) is 1.70. The normalized spacial score (nSPS) is 16.0. The van der Waals surface area contributed by atoms with Crippen LogP contribution in [-0.4, -0.2) is 43.5 Å². The van der Waals surface area contributed by atoms with Gasteiger partial charge in [-0.3, -0.25) is 4.90 Å². The van der Waals surface area contributed by atoms with Gasteiger partial charge in [0.1, 0.15) is 5.82 Å². The molecule has 0 atom stereocenters. The maximum atomic E-state index is 10.2. The number of aliphatic hydroxyl groups is 1. The van der Waals surface area contributed by atoms with Crippen LogP contribution >= 0.6 is 11.6 Å². The lowest BCUT2D eigenvalue weighted by Gasteiger charge is -2.19. The number of likely N-dealkylation sites (tertiary alicyclic amines) is 1. The Morgan fingerprint density at radius 1 is 1.25 bits per heavy atom. The van der Waals surface area contributed by atoms with Crippen molar-refractivity contribution in [2.45, 2.75) is 51.8 Å². The maximum absolute atomic E-state index is 10.2. The van der Waals surface area contributed by atoms with Gasteiger partial charge >= 0.3 is 0 Å². The smallest absolute Gasteiger partial charge is 0.155 e. The highest BCUT2D eigenvalue weighted by Crippen LogP contribution is 2.17. The quantitative estimate of drug-likeness (QED) is 0.872. The number of hydrogen-bond donors (Lipinski definition) is 1. The zero-order chi connectivity index (χ0) is 17.2. The molecular formula is C18H25ClN4O. The number of hydrogen-bond acceptors (Lipinski definition) is 4. The third-order valence-electron chi connectivity index (χ3n) is 4.14. The van der Waals surface area contributed by atoms with Crippen molar-refractivity contribution in [3.05, 3.63) is 46.5 Å². The second-order valence-electron chi connectivity index (χ2n) is 7.20. The molecule has 2 heterocycles. The number of rotatable bonds is 6. The van der Waals surface area contributed by atoms with E-state index < -0.39 is 5.60 Å². The molecule has 1 fully saturated rings. The van der Waals surface area contributed by atoms with Gasteiger partial charge < -0.3 is 5.11 Å². The van der Waals surface area contributed by atoms with Crippen LogP contribution in [0.5, 0.6) is 0 Å². The molecule has 0 radical (unpaired) electrons. The summed E-state index contributed by atoms with van der Waals surface area (Å²) in [5.41, 5.74) is 0.275. The highest BCUT2D eigenvalue weighted by atomic mass is 35.5. The summed E-state index contributed by atoms with van der Waals surface area (Å²) >= 11 is 6.06. The minimum atomic E-state index is -0.819. The Labute approximate surface area is 148 Å². The van der Waals surface area contributed by atoms with Gasteiger partial charge in [0.05, 0.1) is 18.7 Å². The molecule has 0 spiro atoms. The van der Waals surface area contributed by atoms with Crippen LogP contribution in [0.3, 0.4) is 0 Å². The molecule has 1 saturated heterocycles. The van der Waals surface area contributed by atoms with Crippen molar-refractivity contribution in [2.24, 2.45) is 0 Å². The highest BCUT2D eigenvalue weighted by molar-refractivity contribution is 6.30. The Hall–Kier alpha value is -1.43. The minimum absolute atomic E-state index is 0.443. The first kappa shape index (κ1) is 17.4. The van der Waals surface area contributed by atoms with Crippen molar-refractivity contribution in [3.63, 3.8) is 0 Å². The molecule has 0 saturated carbocycles. The number of nitrogens with zero attached hydrogens (tertiary/aromatic N) is 4. The van der Waals surface area contributed by atoms with E-state index in [1.54, 1.807) is 13.8 Å². The van der Waals surface area contributed by atoms with Crippen molar-refractivity contribution in [3.8, 4) is 0 Å². The number of aromatic nitrogens is 3. The highest BCUT2D eigenvalue weighted by Gasteiger charge is 2.21. The predicted molar refractivity (Wildman–Crippen MR) is 95.1 cm³/mol. The van der Waals surface area contributed by atoms with Crippen LogP contribution in [0.15, 0.2) is 24.3 Å². The van der Waals surface area contributed by atoms with Crippen LogP contribution in [-0.2, 0) is 19.5 Å². The molecule has 1 aliphatic rings. The van der Waals surface area contributed by atoms with Crippen LogP contribution in [0.25, 0.3) is 0 Å². The monoisotopic (exact) mass is 348 g/mol. The topological polar surface area (TPSA) is 54.2 Å². The minimum Gasteiger partial charge on any atom is -0.389 e.